The molecule has 0 aliphatic heterocycles. The van der Waals surface area contributed by atoms with Gasteiger partial charge in [0.25, 0.3) is 10.0 Å². The number of hydrogen-bond donors (Lipinski definition) is 2. The fraction of sp³-hybridized carbons (Fsp3) is 0. The molecule has 0 aromatic heterocycles. The molecule has 0 amide bonds. The highest BCUT2D eigenvalue weighted by Crippen LogP contribution is 2.32. The molecule has 2 rings (SSSR count). The van der Waals surface area contributed by atoms with Crippen molar-refractivity contribution < 1.29 is 17.9 Å². The van der Waals surface area contributed by atoms with Crippen molar-refractivity contribution >= 4 is 38.9 Å². The molecule has 2 aromatic carbocycles. The molecule has 0 spiro atoms. The van der Waals surface area contributed by atoms with Crippen LogP contribution in [0.4, 0.5) is 10.1 Å². The molecule has 8 heteroatoms. The zero-order valence-electron chi connectivity index (χ0n) is 9.77. The molecule has 4 nitrogen and oxygen atoms in total. The van der Waals surface area contributed by atoms with E-state index in [1.165, 1.54) is 24.3 Å². The number of sulfonamides is 1. The largest absolute Gasteiger partial charge is 0.506 e. The monoisotopic (exact) mass is 335 g/mol. The van der Waals surface area contributed by atoms with Gasteiger partial charge < -0.3 is 5.11 Å². The van der Waals surface area contributed by atoms with E-state index in [1.54, 1.807) is 0 Å². The van der Waals surface area contributed by atoms with Crippen molar-refractivity contribution in [2.75, 3.05) is 4.72 Å². The van der Waals surface area contributed by atoms with Crippen LogP contribution < -0.4 is 4.72 Å². The van der Waals surface area contributed by atoms with Gasteiger partial charge in [-0.1, -0.05) is 35.3 Å². The number of rotatable bonds is 3. The average Bonchev–Trinajstić information content (AvgIpc) is 2.38. The topological polar surface area (TPSA) is 66.4 Å². The summed E-state index contributed by atoms with van der Waals surface area (Å²) < 4.78 is 39.9. The third kappa shape index (κ3) is 2.82. The first-order valence-corrected chi connectivity index (χ1v) is 7.51. The smallest absolute Gasteiger partial charge is 0.263 e. The van der Waals surface area contributed by atoms with Crippen LogP contribution >= 0.6 is 23.2 Å². The molecule has 106 valence electrons. The zero-order valence-corrected chi connectivity index (χ0v) is 12.1. The lowest BCUT2D eigenvalue weighted by Crippen LogP contribution is -2.14. The van der Waals surface area contributed by atoms with Crippen molar-refractivity contribution in [1.29, 1.82) is 0 Å². The lowest BCUT2D eigenvalue weighted by molar-refractivity contribution is 0.477. The molecule has 0 aliphatic rings. The first-order valence-electron chi connectivity index (χ1n) is 5.27. The maximum Gasteiger partial charge on any atom is 0.263 e. The van der Waals surface area contributed by atoms with Gasteiger partial charge in [0.1, 0.15) is 10.6 Å². The van der Waals surface area contributed by atoms with Gasteiger partial charge in [0.05, 0.1) is 15.7 Å². The van der Waals surface area contributed by atoms with E-state index in [-0.39, 0.29) is 16.5 Å². The lowest BCUT2D eigenvalue weighted by Gasteiger charge is -2.11. The fourth-order valence-corrected chi connectivity index (χ4v) is 3.30. The molecule has 0 bridgehead atoms. The summed E-state index contributed by atoms with van der Waals surface area (Å²) in [4.78, 5) is -0.468. The Bertz CT molecular complexity index is 765. The van der Waals surface area contributed by atoms with Crippen LogP contribution in [-0.4, -0.2) is 13.5 Å². The van der Waals surface area contributed by atoms with Gasteiger partial charge in [-0.05, 0) is 24.3 Å². The summed E-state index contributed by atoms with van der Waals surface area (Å²) in [6.45, 7) is 0. The van der Waals surface area contributed by atoms with E-state index in [0.717, 1.165) is 12.1 Å². The van der Waals surface area contributed by atoms with E-state index in [1.807, 2.05) is 0 Å². The predicted octanol–water partition coefficient (Wildman–Crippen LogP) is 3.64. The Morgan fingerprint density at radius 3 is 2.40 bits per heavy atom. The minimum atomic E-state index is -4.15. The molecule has 0 saturated heterocycles. The van der Waals surface area contributed by atoms with Crippen molar-refractivity contribution in [1.82, 2.24) is 0 Å². The highest BCUT2D eigenvalue weighted by molar-refractivity contribution is 7.92. The average molecular weight is 336 g/mol. The second-order valence-corrected chi connectivity index (χ2v) is 6.23. The van der Waals surface area contributed by atoms with Crippen molar-refractivity contribution in [2.24, 2.45) is 0 Å². The number of halogens is 3. The third-order valence-corrected chi connectivity index (χ3v) is 4.62. The molecule has 0 fully saturated rings. The highest BCUT2D eigenvalue weighted by atomic mass is 35.5. The molecule has 0 radical (unpaired) electrons. The minimum Gasteiger partial charge on any atom is -0.506 e. The Kier molecular flexibility index (Phi) is 4.08. The second kappa shape index (κ2) is 5.47. The van der Waals surface area contributed by atoms with E-state index in [4.69, 9.17) is 23.2 Å². The van der Waals surface area contributed by atoms with E-state index < -0.39 is 25.8 Å². The zero-order chi connectivity index (χ0) is 14.9. The highest BCUT2D eigenvalue weighted by Gasteiger charge is 2.22. The van der Waals surface area contributed by atoms with Crippen LogP contribution in [0.5, 0.6) is 5.75 Å². The van der Waals surface area contributed by atoms with Crippen molar-refractivity contribution in [2.45, 2.75) is 4.90 Å². The van der Waals surface area contributed by atoms with E-state index in [0.29, 0.717) is 0 Å². The third-order valence-electron chi connectivity index (χ3n) is 2.44. The standard InChI is InChI=1S/C12H8Cl2FNO3S/c13-7-5-6-10(11(14)12(7)15)20(18,19)16-8-3-1-2-4-9(8)17/h1-6,16-17H. The van der Waals surface area contributed by atoms with Gasteiger partial charge in [-0.15, -0.1) is 0 Å². The maximum absolute atomic E-state index is 13.5. The summed E-state index contributed by atoms with van der Waals surface area (Å²) >= 11 is 11.2. The Morgan fingerprint density at radius 1 is 1.10 bits per heavy atom. The summed E-state index contributed by atoms with van der Waals surface area (Å²) in [6, 6.07) is 7.89. The van der Waals surface area contributed by atoms with Gasteiger partial charge in [-0.2, -0.15) is 0 Å². The molecule has 2 aromatic rings. The number of nitrogens with one attached hydrogen (secondary N) is 1. The fourth-order valence-electron chi connectivity index (χ4n) is 1.48. The molecule has 0 unspecified atom stereocenters. The van der Waals surface area contributed by atoms with Gasteiger partial charge in [0.2, 0.25) is 0 Å². The number of hydrogen-bond acceptors (Lipinski definition) is 3. The number of phenolic OH excluding ortho intramolecular Hbond substituents is 1. The first-order chi connectivity index (χ1) is 9.33. The van der Waals surface area contributed by atoms with Crippen LogP contribution in [0.2, 0.25) is 10.0 Å². The number of anilines is 1. The summed E-state index contributed by atoms with van der Waals surface area (Å²) in [7, 11) is -4.15. The van der Waals surface area contributed by atoms with Gasteiger partial charge >= 0.3 is 0 Å². The maximum atomic E-state index is 13.5. The number of aromatic hydroxyl groups is 1. The first kappa shape index (κ1) is 14.9. The van der Waals surface area contributed by atoms with Crippen LogP contribution in [0.3, 0.4) is 0 Å². The molecule has 0 atom stereocenters. The van der Waals surface area contributed by atoms with Crippen molar-refractivity contribution in [3.63, 3.8) is 0 Å². The summed E-state index contributed by atoms with van der Waals surface area (Å²) in [5, 5.41) is 8.64. The van der Waals surface area contributed by atoms with E-state index in [9.17, 15) is 17.9 Å². The van der Waals surface area contributed by atoms with Gasteiger partial charge in [-0.25, -0.2) is 12.8 Å². The van der Waals surface area contributed by atoms with Crippen LogP contribution in [0.25, 0.3) is 0 Å². The van der Waals surface area contributed by atoms with Crippen LogP contribution in [-0.2, 0) is 10.0 Å². The number of benzene rings is 2. The van der Waals surface area contributed by atoms with Crippen LogP contribution in [0.15, 0.2) is 41.3 Å². The molecule has 2 N–H and O–H groups in total. The Balaban J connectivity index is 2.47. The second-order valence-electron chi connectivity index (χ2n) is 3.80. The molecule has 0 saturated carbocycles. The number of phenols is 1. The molecule has 0 heterocycles. The molecular weight excluding hydrogens is 328 g/mol. The Morgan fingerprint density at radius 2 is 1.75 bits per heavy atom. The Hall–Kier alpha value is -1.50. The van der Waals surface area contributed by atoms with Gasteiger partial charge in [-0.3, -0.25) is 4.72 Å². The van der Waals surface area contributed by atoms with Crippen molar-refractivity contribution in [3.05, 3.63) is 52.3 Å². The number of para-hydroxylation sites is 2. The van der Waals surface area contributed by atoms with Crippen LogP contribution in [0.1, 0.15) is 0 Å². The summed E-state index contributed by atoms with van der Waals surface area (Å²) in [5.41, 5.74) is -0.0427. The molecule has 0 aliphatic carbocycles. The lowest BCUT2D eigenvalue weighted by atomic mass is 10.3. The summed E-state index contributed by atoms with van der Waals surface area (Å²) in [6.07, 6.45) is 0. The van der Waals surface area contributed by atoms with Gasteiger partial charge in [0, 0.05) is 0 Å². The Labute approximate surface area is 124 Å². The minimum absolute atomic E-state index is 0.0427. The normalized spacial score (nSPS) is 11.3. The molecule has 20 heavy (non-hydrogen) atoms. The van der Waals surface area contributed by atoms with Crippen LogP contribution in [0, 0.1) is 5.82 Å². The molecular formula is C12H8Cl2FNO3S. The predicted molar refractivity (Wildman–Crippen MR) is 75.3 cm³/mol. The van der Waals surface area contributed by atoms with Gasteiger partial charge in [0.15, 0.2) is 5.82 Å². The van der Waals surface area contributed by atoms with E-state index >= 15 is 0 Å². The SMILES string of the molecule is O=S(=O)(Nc1ccccc1O)c1ccc(Cl)c(F)c1Cl. The van der Waals surface area contributed by atoms with Crippen molar-refractivity contribution in [3.8, 4) is 5.75 Å². The quantitative estimate of drug-likeness (QED) is 0.664. The summed E-state index contributed by atoms with van der Waals surface area (Å²) in [5.74, 6) is -1.28. The van der Waals surface area contributed by atoms with E-state index in [2.05, 4.69) is 4.72 Å².